The number of benzene rings is 4. The van der Waals surface area contributed by atoms with Crippen molar-refractivity contribution in [1.82, 2.24) is 34.9 Å². The SMILES string of the molecule is COc1cc(N2CCC(CN3CCCC4(CCN(c5ccc6c(c5)C(=O)N(C5CCC(=O)NC5=O)C6=O)CC4)C3)CC2)c(-c2cnn(C)c2)cc1Nc1ncc(Br)c(Nc2ccc(-c3ccccc3)cc2P(C)(C)=O)n1. The van der Waals surface area contributed by atoms with Crippen molar-refractivity contribution in [2.24, 2.45) is 18.4 Å². The fraction of sp³-hybridized carbons (Fsp3) is 0.386. The number of anilines is 6. The number of amides is 4. The van der Waals surface area contributed by atoms with Crippen molar-refractivity contribution in [3.63, 3.8) is 0 Å². The zero-order chi connectivity index (χ0) is 52.9. The molecule has 2 aromatic heterocycles. The molecule has 0 aliphatic carbocycles. The van der Waals surface area contributed by atoms with Crippen molar-refractivity contribution in [3.8, 4) is 28.0 Å². The first-order valence-corrected chi connectivity index (χ1v) is 29.6. The average Bonchev–Trinajstić information content (AvgIpc) is 4.03. The fourth-order valence-corrected chi connectivity index (χ4v) is 13.5. The predicted octanol–water partition coefficient (Wildman–Crippen LogP) is 9.05. The highest BCUT2D eigenvalue weighted by atomic mass is 79.9. The summed E-state index contributed by atoms with van der Waals surface area (Å²) in [7, 11) is 0.889. The molecule has 5 aliphatic heterocycles. The van der Waals surface area contributed by atoms with Crippen LogP contribution >= 0.6 is 23.1 Å². The highest BCUT2D eigenvalue weighted by Gasteiger charge is 2.45. The highest BCUT2D eigenvalue weighted by Crippen LogP contribution is 2.45. The van der Waals surface area contributed by atoms with E-state index in [9.17, 15) is 23.7 Å². The molecule has 0 saturated carbocycles. The van der Waals surface area contributed by atoms with Crippen molar-refractivity contribution in [1.29, 1.82) is 0 Å². The fourth-order valence-electron chi connectivity index (χ4n) is 12.0. The maximum absolute atomic E-state index is 13.7. The van der Waals surface area contributed by atoms with E-state index in [0.717, 1.165) is 115 Å². The summed E-state index contributed by atoms with van der Waals surface area (Å²) in [5, 5.41) is 14.5. The normalized spacial score (nSPS) is 19.3. The Morgan fingerprint density at radius 3 is 2.29 bits per heavy atom. The summed E-state index contributed by atoms with van der Waals surface area (Å²) in [6, 6.07) is 24.7. The smallest absolute Gasteiger partial charge is 0.262 e. The Morgan fingerprint density at radius 2 is 1.57 bits per heavy atom. The monoisotopic (exact) mass is 1110 g/mol. The molecular weight excluding hydrogens is 1050 g/mol. The summed E-state index contributed by atoms with van der Waals surface area (Å²) >= 11 is 3.65. The molecule has 5 aliphatic rings. The first kappa shape index (κ1) is 51.2. The molecular formula is C57H63BrN11O6P. The number of rotatable bonds is 13. The van der Waals surface area contributed by atoms with E-state index in [1.807, 2.05) is 84.8 Å². The molecule has 7 heterocycles. The van der Waals surface area contributed by atoms with Gasteiger partial charge in [0, 0.05) is 99.0 Å². The Hall–Kier alpha value is -6.88. The molecule has 4 amide bonds. The lowest BCUT2D eigenvalue weighted by atomic mass is 9.72. The van der Waals surface area contributed by atoms with Crippen LogP contribution in [0.2, 0.25) is 0 Å². The molecule has 1 spiro atoms. The van der Waals surface area contributed by atoms with Crippen LogP contribution in [0.25, 0.3) is 22.3 Å². The number of halogens is 1. The molecule has 1 atom stereocenters. The van der Waals surface area contributed by atoms with E-state index in [-0.39, 0.29) is 24.2 Å². The minimum absolute atomic E-state index is 0.0912. The summed E-state index contributed by atoms with van der Waals surface area (Å²) in [6.07, 6.45) is 12.5. The Balaban J connectivity index is 0.738. The second kappa shape index (κ2) is 20.9. The maximum Gasteiger partial charge on any atom is 0.262 e. The Labute approximate surface area is 451 Å². The zero-order valence-electron chi connectivity index (χ0n) is 43.4. The minimum atomic E-state index is -2.71. The van der Waals surface area contributed by atoms with E-state index in [2.05, 4.69) is 68.8 Å². The molecule has 4 saturated heterocycles. The van der Waals surface area contributed by atoms with E-state index in [0.29, 0.717) is 50.4 Å². The Morgan fingerprint density at radius 1 is 0.789 bits per heavy atom. The van der Waals surface area contributed by atoms with Crippen LogP contribution in [0.5, 0.6) is 5.75 Å². The van der Waals surface area contributed by atoms with Gasteiger partial charge in [0.15, 0.2) is 0 Å². The Bertz CT molecular complexity index is 3290. The number of methoxy groups -OCH3 is 1. The molecule has 76 heavy (non-hydrogen) atoms. The Kier molecular flexibility index (Phi) is 14.1. The van der Waals surface area contributed by atoms with Crippen LogP contribution in [0.4, 0.5) is 34.5 Å². The number of carbonyl (C=O) groups excluding carboxylic acids is 4. The van der Waals surface area contributed by atoms with Gasteiger partial charge in [-0.2, -0.15) is 10.1 Å². The number of nitrogens with one attached hydrogen (secondary N) is 3. The van der Waals surface area contributed by atoms with Crippen LogP contribution in [0, 0.1) is 11.3 Å². The standard InChI is InChI=1S/C57H63BrN11O6P/c1-65-34-39(31-60-65)42-29-46(62-56-59-32-44(58)52(64-56)61-45-14-11-38(27-50(45)76(3,4)74)37-9-6-5-7-10-37)49(75-2)30-48(42)68-23-17-36(18-24-68)33-66-22-8-19-57(35-66)20-25-67(26-21-57)40-12-13-41-43(28-40)55(73)69(54(41)72)47-15-16-51(70)63-53(47)71/h5-7,9-14,27-32,34,36,47H,8,15-26,33,35H2,1-4H3,(H,63,70,71)(H2,59,61,62,64). The molecule has 0 bridgehead atoms. The topological polar surface area (TPSA) is 187 Å². The number of nitrogens with zero attached hydrogens (tertiary/aromatic N) is 8. The summed E-state index contributed by atoms with van der Waals surface area (Å²) in [5.74, 6) is 0.158. The molecule has 11 rings (SSSR count). The summed E-state index contributed by atoms with van der Waals surface area (Å²) in [5.41, 5.74) is 8.32. The van der Waals surface area contributed by atoms with Gasteiger partial charge in [0.1, 0.15) is 24.8 Å². The third-order valence-corrected chi connectivity index (χ3v) is 18.2. The lowest BCUT2D eigenvalue weighted by Gasteiger charge is -2.49. The van der Waals surface area contributed by atoms with Crippen LogP contribution in [-0.2, 0) is 21.2 Å². The first-order chi connectivity index (χ1) is 36.6. The van der Waals surface area contributed by atoms with Gasteiger partial charge in [-0.05, 0) is 140 Å². The summed E-state index contributed by atoms with van der Waals surface area (Å²) in [6.45, 7) is 10.4. The van der Waals surface area contributed by atoms with E-state index in [1.165, 1.54) is 12.8 Å². The minimum Gasteiger partial charge on any atom is -0.494 e. The van der Waals surface area contributed by atoms with Crippen LogP contribution in [-0.4, -0.2) is 125 Å². The van der Waals surface area contributed by atoms with Crippen LogP contribution in [0.1, 0.15) is 72.1 Å². The second-order valence-electron chi connectivity index (χ2n) is 21.5. The zero-order valence-corrected chi connectivity index (χ0v) is 45.8. The van der Waals surface area contributed by atoms with Crippen LogP contribution < -0.4 is 35.8 Å². The second-order valence-corrected chi connectivity index (χ2v) is 25.5. The largest absolute Gasteiger partial charge is 0.494 e. The number of fused-ring (bicyclic) bond motifs is 1. The van der Waals surface area contributed by atoms with Gasteiger partial charge in [-0.3, -0.25) is 34.1 Å². The number of piperidine rings is 4. The number of aryl methyl sites for hydroxylation is 1. The number of ether oxygens (including phenoxy) is 1. The predicted molar refractivity (Wildman–Crippen MR) is 300 cm³/mol. The quantitative estimate of drug-likeness (QED) is 0.0734. The van der Waals surface area contributed by atoms with Crippen LogP contribution in [0.15, 0.2) is 102 Å². The molecule has 1 unspecified atom stereocenters. The summed E-state index contributed by atoms with van der Waals surface area (Å²) in [4.78, 5) is 69.4. The van der Waals surface area contributed by atoms with Crippen molar-refractivity contribution in [2.45, 2.75) is 57.4 Å². The van der Waals surface area contributed by atoms with E-state index in [4.69, 9.17) is 9.72 Å². The number of carbonyl (C=O) groups is 4. The maximum atomic E-state index is 13.7. The number of hydrogen-bond donors (Lipinski definition) is 3. The van der Waals surface area contributed by atoms with E-state index in [1.54, 1.807) is 32.7 Å². The van der Waals surface area contributed by atoms with E-state index >= 15 is 0 Å². The van der Waals surface area contributed by atoms with Gasteiger partial charge >= 0.3 is 0 Å². The van der Waals surface area contributed by atoms with Crippen molar-refractivity contribution >= 4 is 86.5 Å². The van der Waals surface area contributed by atoms with Gasteiger partial charge in [0.05, 0.1) is 40.3 Å². The molecule has 17 nitrogen and oxygen atoms in total. The molecule has 3 N–H and O–H groups in total. The van der Waals surface area contributed by atoms with Gasteiger partial charge in [-0.15, -0.1) is 0 Å². The third kappa shape index (κ3) is 10.4. The van der Waals surface area contributed by atoms with Gasteiger partial charge < -0.3 is 34.6 Å². The number of imide groups is 2. The summed E-state index contributed by atoms with van der Waals surface area (Å²) < 4.78 is 22.2. The van der Waals surface area contributed by atoms with Crippen molar-refractivity contribution in [3.05, 3.63) is 113 Å². The number of likely N-dealkylation sites (tertiary alicyclic amines) is 1. The number of aromatic nitrogens is 4. The molecule has 394 valence electrons. The third-order valence-electron chi connectivity index (χ3n) is 16.1. The molecule has 19 heteroatoms. The lowest BCUT2D eigenvalue weighted by Crippen LogP contribution is -2.54. The lowest BCUT2D eigenvalue weighted by molar-refractivity contribution is -0.136. The number of hydrogen-bond acceptors (Lipinski definition) is 14. The van der Waals surface area contributed by atoms with Crippen molar-refractivity contribution in [2.75, 3.05) is 86.7 Å². The molecule has 0 radical (unpaired) electrons. The molecule has 4 fully saturated rings. The van der Waals surface area contributed by atoms with Crippen molar-refractivity contribution < 1.29 is 28.5 Å². The average molecular weight is 1110 g/mol. The van der Waals surface area contributed by atoms with Gasteiger partial charge in [-0.25, -0.2) is 4.98 Å². The van der Waals surface area contributed by atoms with Gasteiger partial charge in [0.25, 0.3) is 11.8 Å². The highest BCUT2D eigenvalue weighted by molar-refractivity contribution is 9.10. The molecule has 4 aromatic carbocycles. The van der Waals surface area contributed by atoms with Crippen LogP contribution in [0.3, 0.4) is 0 Å². The van der Waals surface area contributed by atoms with Gasteiger partial charge in [-0.1, -0.05) is 36.4 Å². The molecule has 6 aromatic rings. The van der Waals surface area contributed by atoms with Gasteiger partial charge in [0.2, 0.25) is 17.8 Å². The first-order valence-electron chi connectivity index (χ1n) is 26.2. The van der Waals surface area contributed by atoms with E-state index < -0.39 is 30.9 Å².